The largest absolute Gasteiger partial charge is 0.494 e. The van der Waals surface area contributed by atoms with Gasteiger partial charge in [-0.1, -0.05) is 24.3 Å². The fourth-order valence-electron chi connectivity index (χ4n) is 4.80. The summed E-state index contributed by atoms with van der Waals surface area (Å²) in [6, 6.07) is 13.2. The van der Waals surface area contributed by atoms with Gasteiger partial charge in [-0.2, -0.15) is 0 Å². The van der Waals surface area contributed by atoms with E-state index >= 15 is 0 Å². The Morgan fingerprint density at radius 1 is 1.27 bits per heavy atom. The number of H-pyrrole nitrogens is 1. The van der Waals surface area contributed by atoms with Gasteiger partial charge in [0.05, 0.1) is 24.9 Å². The second-order valence-electron chi connectivity index (χ2n) is 8.35. The first-order valence-corrected chi connectivity index (χ1v) is 11.2. The van der Waals surface area contributed by atoms with Gasteiger partial charge < -0.3 is 19.8 Å². The zero-order valence-electron chi connectivity index (χ0n) is 18.7. The Labute approximate surface area is 191 Å². The van der Waals surface area contributed by atoms with Gasteiger partial charge >= 0.3 is 6.09 Å². The lowest BCUT2D eigenvalue weighted by atomic mass is 9.88. The molecule has 0 radical (unpaired) electrons. The molecule has 5 rings (SSSR count). The molecule has 1 amide bonds. The summed E-state index contributed by atoms with van der Waals surface area (Å²) < 4.78 is 24.5. The van der Waals surface area contributed by atoms with E-state index in [1.54, 1.807) is 13.0 Å². The van der Waals surface area contributed by atoms with Crippen LogP contribution in [0.5, 0.6) is 5.75 Å². The van der Waals surface area contributed by atoms with E-state index in [-0.39, 0.29) is 17.6 Å². The first-order valence-electron chi connectivity index (χ1n) is 11.2. The number of nitrogens with one attached hydrogen (secondary N) is 2. The van der Waals surface area contributed by atoms with Gasteiger partial charge in [0.2, 0.25) is 0 Å². The van der Waals surface area contributed by atoms with Crippen molar-refractivity contribution in [3.63, 3.8) is 0 Å². The quantitative estimate of drug-likeness (QED) is 0.449. The van der Waals surface area contributed by atoms with Crippen molar-refractivity contribution >= 4 is 27.9 Å². The number of pyridine rings is 1. The molecule has 7 heteroatoms. The minimum absolute atomic E-state index is 0.0296. The number of nitrogens with zero attached hydrogens (tertiary/aromatic N) is 1. The molecule has 1 atom stereocenters. The number of alkyl carbamates (subject to hydrolysis) is 1. The third-order valence-electron chi connectivity index (χ3n) is 6.28. The smallest absolute Gasteiger partial charge is 0.407 e. The number of amides is 1. The second kappa shape index (κ2) is 8.73. The lowest BCUT2D eigenvalue weighted by Gasteiger charge is -2.26. The van der Waals surface area contributed by atoms with Crippen LogP contribution in [0.2, 0.25) is 0 Å². The summed E-state index contributed by atoms with van der Waals surface area (Å²) in [5.41, 5.74) is 5.91. The summed E-state index contributed by atoms with van der Waals surface area (Å²) in [4.78, 5) is 20.5. The van der Waals surface area contributed by atoms with Crippen LogP contribution in [0, 0.1) is 5.82 Å². The highest BCUT2D eigenvalue weighted by atomic mass is 19.1. The third-order valence-corrected chi connectivity index (χ3v) is 6.28. The Morgan fingerprint density at radius 3 is 2.91 bits per heavy atom. The van der Waals surface area contributed by atoms with Crippen LogP contribution < -0.4 is 10.1 Å². The van der Waals surface area contributed by atoms with Crippen molar-refractivity contribution in [2.24, 2.45) is 0 Å². The summed E-state index contributed by atoms with van der Waals surface area (Å²) in [6.45, 7) is 2.13. The fraction of sp³-hybridized carbons (Fsp3) is 0.308. The zero-order valence-corrected chi connectivity index (χ0v) is 18.7. The Balaban J connectivity index is 1.59. The van der Waals surface area contributed by atoms with Crippen LogP contribution in [-0.4, -0.2) is 35.8 Å². The predicted octanol–water partition coefficient (Wildman–Crippen LogP) is 5.06. The second-order valence-corrected chi connectivity index (χ2v) is 8.35. The molecule has 0 bridgehead atoms. The molecule has 2 heterocycles. The van der Waals surface area contributed by atoms with Crippen LogP contribution in [0.1, 0.15) is 35.9 Å². The van der Waals surface area contributed by atoms with Gasteiger partial charge in [-0.15, -0.1) is 0 Å². The van der Waals surface area contributed by atoms with Crippen LogP contribution in [-0.2, 0) is 24.0 Å². The topological polar surface area (TPSA) is 76.2 Å². The van der Waals surface area contributed by atoms with E-state index in [9.17, 15) is 9.18 Å². The molecule has 2 N–H and O–H groups in total. The summed E-state index contributed by atoms with van der Waals surface area (Å²) in [5.74, 6) is -0.166. The van der Waals surface area contributed by atoms with Gasteiger partial charge in [-0.05, 0) is 49.1 Å². The first-order chi connectivity index (χ1) is 16.1. The highest BCUT2D eigenvalue weighted by Gasteiger charge is 2.26. The Hall–Kier alpha value is -3.61. The number of aryl methyl sites for hydroxylation is 1. The number of methoxy groups -OCH3 is 1. The van der Waals surface area contributed by atoms with Crippen molar-refractivity contribution in [1.82, 2.24) is 15.3 Å². The molecule has 0 saturated carbocycles. The number of carbonyl (C=O) groups is 1. The third kappa shape index (κ3) is 3.99. The van der Waals surface area contributed by atoms with Crippen LogP contribution in [0.25, 0.3) is 21.8 Å². The molecule has 0 fully saturated rings. The number of hydrogen-bond donors (Lipinski definition) is 2. The molecule has 1 aliphatic rings. The summed E-state index contributed by atoms with van der Waals surface area (Å²) >= 11 is 0. The number of aromatic nitrogens is 2. The monoisotopic (exact) mass is 447 g/mol. The number of aromatic amines is 1. The Morgan fingerprint density at radius 2 is 2.12 bits per heavy atom. The minimum Gasteiger partial charge on any atom is -0.494 e. The minimum atomic E-state index is -0.395. The van der Waals surface area contributed by atoms with E-state index in [0.717, 1.165) is 46.2 Å². The molecule has 0 aliphatic heterocycles. The summed E-state index contributed by atoms with van der Waals surface area (Å²) in [6.07, 6.45) is 2.36. The van der Waals surface area contributed by atoms with Crippen molar-refractivity contribution < 1.29 is 18.7 Å². The van der Waals surface area contributed by atoms with Gasteiger partial charge in [0.25, 0.3) is 0 Å². The van der Waals surface area contributed by atoms with Gasteiger partial charge in [0.15, 0.2) is 11.6 Å². The SMILES string of the molecule is CCOC(=O)NC1CCc2c(nc(Cc3ccc(OC)c(F)c3)c3[nH]c4ccccc4c23)C1. The maximum atomic E-state index is 14.3. The van der Waals surface area contributed by atoms with Gasteiger partial charge in [0, 0.05) is 40.9 Å². The molecule has 2 aromatic heterocycles. The molecule has 33 heavy (non-hydrogen) atoms. The average molecular weight is 448 g/mol. The van der Waals surface area contributed by atoms with Crippen LogP contribution in [0.4, 0.5) is 9.18 Å². The molecule has 4 aromatic rings. The molecule has 1 unspecified atom stereocenters. The fourth-order valence-corrected chi connectivity index (χ4v) is 4.80. The average Bonchev–Trinajstić information content (AvgIpc) is 3.19. The van der Waals surface area contributed by atoms with Crippen LogP contribution in [0.3, 0.4) is 0 Å². The summed E-state index contributed by atoms with van der Waals surface area (Å²) in [7, 11) is 1.46. The predicted molar refractivity (Wildman–Crippen MR) is 125 cm³/mol. The molecule has 0 saturated heterocycles. The maximum Gasteiger partial charge on any atom is 0.407 e. The molecular formula is C26H26FN3O3. The highest BCUT2D eigenvalue weighted by molar-refractivity contribution is 6.10. The molecule has 2 aromatic carbocycles. The number of hydrogen-bond acceptors (Lipinski definition) is 4. The lowest BCUT2D eigenvalue weighted by molar-refractivity contribution is 0.147. The number of halogens is 1. The van der Waals surface area contributed by atoms with E-state index in [4.69, 9.17) is 14.5 Å². The number of benzene rings is 2. The first kappa shape index (κ1) is 21.2. The van der Waals surface area contributed by atoms with Gasteiger partial charge in [0.1, 0.15) is 0 Å². The van der Waals surface area contributed by atoms with Crippen molar-refractivity contribution in [1.29, 1.82) is 0 Å². The van der Waals surface area contributed by atoms with Crippen molar-refractivity contribution in [3.8, 4) is 5.75 Å². The molecule has 170 valence electrons. The molecule has 0 spiro atoms. The van der Waals surface area contributed by atoms with Crippen molar-refractivity contribution in [2.45, 2.75) is 38.6 Å². The lowest BCUT2D eigenvalue weighted by Crippen LogP contribution is -2.39. The van der Waals surface area contributed by atoms with Crippen molar-refractivity contribution in [3.05, 3.63) is 70.8 Å². The van der Waals surface area contributed by atoms with E-state index in [2.05, 4.69) is 22.4 Å². The van der Waals surface area contributed by atoms with E-state index in [0.29, 0.717) is 19.4 Å². The van der Waals surface area contributed by atoms with E-state index in [1.807, 2.05) is 18.2 Å². The number of ether oxygens (including phenoxy) is 2. The van der Waals surface area contributed by atoms with Gasteiger partial charge in [-0.3, -0.25) is 4.98 Å². The Bertz CT molecular complexity index is 1350. The zero-order chi connectivity index (χ0) is 22.9. The molecular weight excluding hydrogens is 421 g/mol. The maximum absolute atomic E-state index is 14.3. The summed E-state index contributed by atoms with van der Waals surface area (Å²) in [5, 5.41) is 5.29. The van der Waals surface area contributed by atoms with Crippen LogP contribution in [0.15, 0.2) is 42.5 Å². The van der Waals surface area contributed by atoms with E-state index in [1.165, 1.54) is 24.1 Å². The molecule has 6 nitrogen and oxygen atoms in total. The number of carbonyl (C=O) groups excluding carboxylic acids is 1. The molecule has 1 aliphatic carbocycles. The van der Waals surface area contributed by atoms with E-state index < -0.39 is 6.09 Å². The van der Waals surface area contributed by atoms with Crippen molar-refractivity contribution in [2.75, 3.05) is 13.7 Å². The van der Waals surface area contributed by atoms with Crippen LogP contribution >= 0.6 is 0 Å². The van der Waals surface area contributed by atoms with Gasteiger partial charge in [-0.25, -0.2) is 9.18 Å². The Kier molecular flexibility index (Phi) is 5.62. The highest BCUT2D eigenvalue weighted by Crippen LogP contribution is 2.36. The standard InChI is InChI=1S/C26H26FN3O3/c1-3-33-26(31)28-16-9-10-18-21(14-16)29-22(13-15-8-11-23(32-2)19(27)12-15)25-24(18)17-6-4-5-7-20(17)30-25/h4-8,11-12,16,30H,3,9-10,13-14H2,1-2H3,(H,28,31). The number of para-hydroxylation sites is 1. The number of rotatable bonds is 5. The number of fused-ring (bicyclic) bond motifs is 5. The normalized spacial score (nSPS) is 15.4.